The fraction of sp³-hybridized carbons (Fsp3) is 1.00. The van der Waals surface area contributed by atoms with Crippen molar-refractivity contribution in [1.82, 2.24) is 10.2 Å². The Morgan fingerprint density at radius 3 is 2.67 bits per heavy atom. The summed E-state index contributed by atoms with van der Waals surface area (Å²) in [6.45, 7) is 8.32. The number of likely N-dealkylation sites (N-methyl/N-ethyl adjacent to an activating group) is 1. The third-order valence-electron chi connectivity index (χ3n) is 3.11. The lowest BCUT2D eigenvalue weighted by Gasteiger charge is -2.23. The smallest absolute Gasteiger partial charge is 0.0897 e. The molecule has 0 fully saturated rings. The van der Waals surface area contributed by atoms with Gasteiger partial charge in [0.25, 0.3) is 0 Å². The van der Waals surface area contributed by atoms with Gasteiger partial charge in [0.1, 0.15) is 0 Å². The third kappa shape index (κ3) is 9.79. The van der Waals surface area contributed by atoms with E-state index in [0.717, 1.165) is 19.5 Å². The average molecular weight is 262 g/mol. The predicted molar refractivity (Wildman–Crippen MR) is 74.0 cm³/mol. The predicted octanol–water partition coefficient (Wildman–Crippen LogP) is 0.330. The number of aliphatic hydroxyl groups is 1. The van der Waals surface area contributed by atoms with Crippen molar-refractivity contribution in [3.8, 4) is 0 Å². The van der Waals surface area contributed by atoms with Crippen molar-refractivity contribution >= 4 is 0 Å². The highest BCUT2D eigenvalue weighted by molar-refractivity contribution is 4.64. The molecule has 0 aromatic carbocycles. The molecule has 2 N–H and O–H groups in total. The van der Waals surface area contributed by atoms with Crippen LogP contribution in [0.1, 0.15) is 20.3 Å². The summed E-state index contributed by atoms with van der Waals surface area (Å²) in [6, 6.07) is 0.606. The molecular weight excluding hydrogens is 232 g/mol. The maximum atomic E-state index is 9.63. The van der Waals surface area contributed by atoms with E-state index in [2.05, 4.69) is 31.1 Å². The minimum absolute atomic E-state index is 0.359. The number of rotatable bonds is 12. The van der Waals surface area contributed by atoms with E-state index in [1.165, 1.54) is 0 Å². The van der Waals surface area contributed by atoms with Gasteiger partial charge in [0.2, 0.25) is 0 Å². The Bertz CT molecular complexity index is 182. The molecule has 0 heterocycles. The van der Waals surface area contributed by atoms with E-state index in [-0.39, 0.29) is 0 Å². The van der Waals surface area contributed by atoms with Crippen LogP contribution in [0.5, 0.6) is 0 Å². The molecule has 0 aromatic heterocycles. The van der Waals surface area contributed by atoms with Crippen LogP contribution in [0.15, 0.2) is 0 Å². The summed E-state index contributed by atoms with van der Waals surface area (Å²) in [7, 11) is 3.76. The van der Waals surface area contributed by atoms with Crippen LogP contribution in [0, 0.1) is 0 Å². The van der Waals surface area contributed by atoms with E-state index in [0.29, 0.717) is 32.4 Å². The Labute approximate surface area is 111 Å². The van der Waals surface area contributed by atoms with Gasteiger partial charge < -0.3 is 24.8 Å². The van der Waals surface area contributed by atoms with Gasteiger partial charge in [-0.1, -0.05) is 6.92 Å². The van der Waals surface area contributed by atoms with Gasteiger partial charge >= 0.3 is 0 Å². The lowest BCUT2D eigenvalue weighted by atomic mass is 10.2. The lowest BCUT2D eigenvalue weighted by Crippen LogP contribution is -2.38. The van der Waals surface area contributed by atoms with Gasteiger partial charge in [-0.15, -0.1) is 0 Å². The molecule has 2 atom stereocenters. The van der Waals surface area contributed by atoms with Gasteiger partial charge in [-0.25, -0.2) is 0 Å². The number of hydrogen-bond acceptors (Lipinski definition) is 5. The first kappa shape index (κ1) is 17.8. The Kier molecular flexibility index (Phi) is 11.7. The van der Waals surface area contributed by atoms with Crippen molar-refractivity contribution in [1.29, 1.82) is 0 Å². The summed E-state index contributed by atoms with van der Waals surface area (Å²) >= 11 is 0. The molecule has 0 radical (unpaired) electrons. The minimum Gasteiger partial charge on any atom is -0.389 e. The van der Waals surface area contributed by atoms with Crippen molar-refractivity contribution in [2.24, 2.45) is 0 Å². The summed E-state index contributed by atoms with van der Waals surface area (Å²) in [5.74, 6) is 0. The molecule has 5 heteroatoms. The number of hydrogen-bond donors (Lipinski definition) is 2. The second-order valence-electron chi connectivity index (χ2n) is 4.66. The van der Waals surface area contributed by atoms with Crippen molar-refractivity contribution < 1.29 is 14.6 Å². The van der Waals surface area contributed by atoms with Crippen LogP contribution < -0.4 is 5.32 Å². The van der Waals surface area contributed by atoms with Crippen LogP contribution in [-0.4, -0.2) is 75.8 Å². The van der Waals surface area contributed by atoms with Crippen LogP contribution in [-0.2, 0) is 9.47 Å². The number of ether oxygens (including phenoxy) is 2. The molecule has 0 aliphatic heterocycles. The lowest BCUT2D eigenvalue weighted by molar-refractivity contribution is 0.0137. The molecule has 0 saturated heterocycles. The fourth-order valence-electron chi connectivity index (χ4n) is 1.48. The molecule has 0 saturated carbocycles. The summed E-state index contributed by atoms with van der Waals surface area (Å²) < 4.78 is 10.1. The SMILES string of the molecule is CCC(C)N(C)CCNCC(O)COCCOC. The van der Waals surface area contributed by atoms with Gasteiger partial charge in [-0.3, -0.25) is 0 Å². The summed E-state index contributed by atoms with van der Waals surface area (Å²) in [5.41, 5.74) is 0. The minimum atomic E-state index is -0.448. The van der Waals surface area contributed by atoms with Crippen LogP contribution in [0.2, 0.25) is 0 Å². The summed E-state index contributed by atoms with van der Waals surface area (Å²) in [5, 5.41) is 12.9. The first-order valence-corrected chi connectivity index (χ1v) is 6.77. The molecule has 0 aliphatic carbocycles. The van der Waals surface area contributed by atoms with E-state index >= 15 is 0 Å². The molecule has 0 spiro atoms. The quantitative estimate of drug-likeness (QED) is 0.497. The van der Waals surface area contributed by atoms with Gasteiger partial charge in [0, 0.05) is 32.8 Å². The number of nitrogens with one attached hydrogen (secondary N) is 1. The second-order valence-corrected chi connectivity index (χ2v) is 4.66. The van der Waals surface area contributed by atoms with Crippen molar-refractivity contribution in [2.45, 2.75) is 32.4 Å². The topological polar surface area (TPSA) is 54.0 Å². The zero-order chi connectivity index (χ0) is 13.8. The normalized spacial score (nSPS) is 15.0. The van der Waals surface area contributed by atoms with Crippen LogP contribution in [0.4, 0.5) is 0 Å². The van der Waals surface area contributed by atoms with Gasteiger partial charge in [0.15, 0.2) is 0 Å². The Morgan fingerprint density at radius 1 is 1.33 bits per heavy atom. The zero-order valence-electron chi connectivity index (χ0n) is 12.3. The number of methoxy groups -OCH3 is 1. The first-order chi connectivity index (χ1) is 8.61. The number of aliphatic hydroxyl groups excluding tert-OH is 1. The maximum Gasteiger partial charge on any atom is 0.0897 e. The molecule has 0 rings (SSSR count). The number of nitrogens with zero attached hydrogens (tertiary/aromatic N) is 1. The molecule has 2 unspecified atom stereocenters. The molecule has 0 aromatic rings. The van der Waals surface area contributed by atoms with Crippen molar-refractivity contribution in [3.63, 3.8) is 0 Å². The molecular formula is C13H30N2O3. The van der Waals surface area contributed by atoms with Crippen LogP contribution >= 0.6 is 0 Å². The van der Waals surface area contributed by atoms with Crippen LogP contribution in [0.3, 0.4) is 0 Å². The van der Waals surface area contributed by atoms with Crippen molar-refractivity contribution in [2.75, 3.05) is 53.6 Å². The standard InChI is InChI=1S/C13H30N2O3/c1-5-12(2)15(3)7-6-14-10-13(16)11-18-9-8-17-4/h12-14,16H,5-11H2,1-4H3. The highest BCUT2D eigenvalue weighted by Crippen LogP contribution is 1.98. The van der Waals surface area contributed by atoms with E-state index < -0.39 is 6.10 Å². The van der Waals surface area contributed by atoms with Crippen molar-refractivity contribution in [3.05, 3.63) is 0 Å². The molecule has 0 aliphatic rings. The Morgan fingerprint density at radius 2 is 2.06 bits per heavy atom. The summed E-state index contributed by atoms with van der Waals surface area (Å²) in [4.78, 5) is 2.31. The van der Waals surface area contributed by atoms with E-state index in [9.17, 15) is 5.11 Å². The van der Waals surface area contributed by atoms with E-state index in [1.54, 1.807) is 7.11 Å². The van der Waals surface area contributed by atoms with E-state index in [1.807, 2.05) is 0 Å². The average Bonchev–Trinajstić information content (AvgIpc) is 2.38. The highest BCUT2D eigenvalue weighted by atomic mass is 16.5. The summed E-state index contributed by atoms with van der Waals surface area (Å²) in [6.07, 6.45) is 0.711. The van der Waals surface area contributed by atoms with Crippen LogP contribution in [0.25, 0.3) is 0 Å². The molecule has 18 heavy (non-hydrogen) atoms. The highest BCUT2D eigenvalue weighted by Gasteiger charge is 2.07. The zero-order valence-corrected chi connectivity index (χ0v) is 12.3. The maximum absolute atomic E-state index is 9.63. The second kappa shape index (κ2) is 11.9. The Balaban J connectivity index is 3.37. The van der Waals surface area contributed by atoms with E-state index in [4.69, 9.17) is 9.47 Å². The molecule has 5 nitrogen and oxygen atoms in total. The molecule has 110 valence electrons. The Hall–Kier alpha value is -0.200. The van der Waals surface area contributed by atoms with Gasteiger partial charge in [0.05, 0.1) is 25.9 Å². The molecule has 0 bridgehead atoms. The monoisotopic (exact) mass is 262 g/mol. The third-order valence-corrected chi connectivity index (χ3v) is 3.11. The van der Waals surface area contributed by atoms with Gasteiger partial charge in [-0.05, 0) is 20.4 Å². The largest absolute Gasteiger partial charge is 0.389 e. The molecule has 0 amide bonds. The van der Waals surface area contributed by atoms with Gasteiger partial charge in [-0.2, -0.15) is 0 Å². The first-order valence-electron chi connectivity index (χ1n) is 6.77. The fourth-order valence-corrected chi connectivity index (χ4v) is 1.48.